The number of carbonyl (C=O) groups excluding carboxylic acids is 4. The van der Waals surface area contributed by atoms with Crippen molar-refractivity contribution in [1.82, 2.24) is 30.7 Å². The first-order chi connectivity index (χ1) is 23.2. The van der Waals surface area contributed by atoms with Gasteiger partial charge in [-0.1, -0.05) is 49.6 Å². The second-order valence-corrected chi connectivity index (χ2v) is 13.1. The van der Waals surface area contributed by atoms with Crippen molar-refractivity contribution in [3.05, 3.63) is 65.1 Å². The fraction of sp³-hybridized carbons (Fsp3) is 0.514. The van der Waals surface area contributed by atoms with Crippen molar-refractivity contribution in [3.8, 4) is 5.75 Å². The largest absolute Gasteiger partial charge is 0.493 e. The molecule has 2 aromatic heterocycles. The van der Waals surface area contributed by atoms with Crippen molar-refractivity contribution < 1.29 is 23.9 Å². The van der Waals surface area contributed by atoms with Crippen LogP contribution in [0.3, 0.4) is 0 Å². The summed E-state index contributed by atoms with van der Waals surface area (Å²) in [6, 6.07) is 8.19. The number of rotatable bonds is 15. The molecule has 1 saturated carbocycles. The summed E-state index contributed by atoms with van der Waals surface area (Å²) in [6.07, 6.45) is 9.56. The number of nitrogens with one attached hydrogen (secondary N) is 4. The predicted octanol–water partition coefficient (Wildman–Crippen LogP) is 3.35. The van der Waals surface area contributed by atoms with Gasteiger partial charge in [0.25, 0.3) is 0 Å². The SMILES string of the molecule is CCC(=O)N[C@@H](Cc1cn2cc(Cl)ccc2n1)C(=O)N[C@H](C(=O)N[C@@H](CCCCN)C(=O)N[C@@H]1CCOc2ccccc21)C1CCCC1. The first kappa shape index (κ1) is 35.2. The lowest BCUT2D eigenvalue weighted by molar-refractivity contribution is -0.135. The molecule has 3 heterocycles. The van der Waals surface area contributed by atoms with E-state index >= 15 is 0 Å². The van der Waals surface area contributed by atoms with Crippen LogP contribution in [0.2, 0.25) is 5.02 Å². The molecule has 0 bridgehead atoms. The van der Waals surface area contributed by atoms with Gasteiger partial charge in [-0.3, -0.25) is 19.2 Å². The summed E-state index contributed by atoms with van der Waals surface area (Å²) in [6.45, 7) is 2.65. The summed E-state index contributed by atoms with van der Waals surface area (Å²) in [4.78, 5) is 58.8. The molecule has 4 amide bonds. The van der Waals surface area contributed by atoms with Gasteiger partial charge in [-0.25, -0.2) is 4.98 Å². The summed E-state index contributed by atoms with van der Waals surface area (Å²) >= 11 is 6.14. The molecule has 1 aliphatic heterocycles. The van der Waals surface area contributed by atoms with Crippen LogP contribution in [0, 0.1) is 5.92 Å². The lowest BCUT2D eigenvalue weighted by atomic mass is 9.95. The van der Waals surface area contributed by atoms with Gasteiger partial charge in [0.1, 0.15) is 29.5 Å². The highest BCUT2D eigenvalue weighted by Gasteiger charge is 2.36. The summed E-state index contributed by atoms with van der Waals surface area (Å²) in [5.41, 5.74) is 7.88. The van der Waals surface area contributed by atoms with Crippen LogP contribution in [0.25, 0.3) is 5.65 Å². The number of carbonyl (C=O) groups is 4. The number of nitrogens with zero attached hydrogens (tertiary/aromatic N) is 2. The van der Waals surface area contributed by atoms with E-state index in [9.17, 15) is 19.2 Å². The monoisotopic (exact) mass is 679 g/mol. The van der Waals surface area contributed by atoms with E-state index in [1.54, 1.807) is 35.9 Å². The average Bonchev–Trinajstić information content (AvgIpc) is 3.76. The quantitative estimate of drug-likeness (QED) is 0.154. The molecular weight excluding hydrogens is 634 g/mol. The maximum atomic E-state index is 14.0. The van der Waals surface area contributed by atoms with Crippen molar-refractivity contribution in [2.24, 2.45) is 11.7 Å². The second-order valence-electron chi connectivity index (χ2n) is 12.6. The Balaban J connectivity index is 1.32. The van der Waals surface area contributed by atoms with E-state index in [1.807, 2.05) is 24.3 Å². The normalized spacial score (nSPS) is 17.9. The molecule has 258 valence electrons. The lowest BCUT2D eigenvalue weighted by Crippen LogP contribution is -2.59. The molecule has 0 spiro atoms. The van der Waals surface area contributed by atoms with E-state index in [0.29, 0.717) is 55.2 Å². The average molecular weight is 680 g/mol. The molecule has 1 fully saturated rings. The minimum absolute atomic E-state index is 0.107. The molecule has 1 aliphatic carbocycles. The highest BCUT2D eigenvalue weighted by atomic mass is 35.5. The van der Waals surface area contributed by atoms with Crippen molar-refractivity contribution in [2.45, 2.75) is 95.3 Å². The Kier molecular flexibility index (Phi) is 12.3. The molecule has 48 heavy (non-hydrogen) atoms. The van der Waals surface area contributed by atoms with E-state index in [-0.39, 0.29) is 36.6 Å². The van der Waals surface area contributed by atoms with Gasteiger partial charge in [0.15, 0.2) is 0 Å². The van der Waals surface area contributed by atoms with Gasteiger partial charge in [-0.05, 0) is 62.8 Å². The Morgan fingerprint density at radius 2 is 1.75 bits per heavy atom. The summed E-state index contributed by atoms with van der Waals surface area (Å²) in [7, 11) is 0. The number of amides is 4. The number of nitrogens with two attached hydrogens (primary N) is 1. The van der Waals surface area contributed by atoms with Crippen LogP contribution in [0.1, 0.15) is 82.0 Å². The van der Waals surface area contributed by atoms with Crippen LogP contribution >= 0.6 is 11.6 Å². The maximum Gasteiger partial charge on any atom is 0.243 e. The lowest BCUT2D eigenvalue weighted by Gasteiger charge is -2.30. The maximum absolute atomic E-state index is 14.0. The Morgan fingerprint density at radius 3 is 2.52 bits per heavy atom. The number of fused-ring (bicyclic) bond motifs is 2. The van der Waals surface area contributed by atoms with Crippen LogP contribution in [-0.2, 0) is 25.6 Å². The van der Waals surface area contributed by atoms with Crippen molar-refractivity contribution in [3.63, 3.8) is 0 Å². The highest BCUT2D eigenvalue weighted by molar-refractivity contribution is 6.30. The first-order valence-electron chi connectivity index (χ1n) is 17.0. The Morgan fingerprint density at radius 1 is 0.958 bits per heavy atom. The molecule has 13 heteroatoms. The Bertz CT molecular complexity index is 1590. The van der Waals surface area contributed by atoms with Gasteiger partial charge < -0.3 is 36.1 Å². The zero-order valence-corrected chi connectivity index (χ0v) is 28.1. The number of hydrogen-bond donors (Lipinski definition) is 5. The standard InChI is InChI=1S/C35H46ClN7O5/c1-2-31(44)39-28(19-24-21-43-20-23(36)14-15-30(43)38-24)34(46)42-32(22-9-3-4-10-22)35(47)41-27(12-7-8-17-37)33(45)40-26-16-18-48-29-13-6-5-11-25(26)29/h5-6,11,13-15,20-22,26-28,32H,2-4,7-10,12,16-19,37H2,1H3,(H,39,44)(H,40,45)(H,41,47)(H,42,46)/t26-,27+,28+,32+/m1/s1. The predicted molar refractivity (Wildman–Crippen MR) is 182 cm³/mol. The zero-order chi connectivity index (χ0) is 34.0. The molecule has 5 rings (SSSR count). The number of para-hydroxylation sites is 1. The van der Waals surface area contributed by atoms with E-state index in [4.69, 9.17) is 22.1 Å². The second kappa shape index (κ2) is 16.8. The molecule has 6 N–H and O–H groups in total. The van der Waals surface area contributed by atoms with Crippen molar-refractivity contribution in [1.29, 1.82) is 0 Å². The Hall–Kier alpha value is -4.16. The molecule has 0 unspecified atom stereocenters. The van der Waals surface area contributed by atoms with Gasteiger partial charge in [0.2, 0.25) is 23.6 Å². The third-order valence-electron chi connectivity index (χ3n) is 9.16. The number of hydrogen-bond acceptors (Lipinski definition) is 7. The fourth-order valence-corrected chi connectivity index (χ4v) is 6.73. The topological polar surface area (TPSA) is 169 Å². The molecule has 12 nitrogen and oxygen atoms in total. The van der Waals surface area contributed by atoms with Gasteiger partial charge in [0.05, 0.1) is 23.4 Å². The third kappa shape index (κ3) is 9.04. The molecular formula is C35H46ClN7O5. The minimum atomic E-state index is -0.966. The molecule has 0 saturated heterocycles. The van der Waals surface area contributed by atoms with E-state index in [0.717, 1.165) is 37.0 Å². The fourth-order valence-electron chi connectivity index (χ4n) is 6.56. The molecule has 4 atom stereocenters. The van der Waals surface area contributed by atoms with Gasteiger partial charge in [-0.2, -0.15) is 0 Å². The van der Waals surface area contributed by atoms with Crippen LogP contribution in [-0.4, -0.2) is 64.3 Å². The first-order valence-corrected chi connectivity index (χ1v) is 17.4. The van der Waals surface area contributed by atoms with Crippen molar-refractivity contribution in [2.75, 3.05) is 13.2 Å². The summed E-state index contributed by atoms with van der Waals surface area (Å²) < 4.78 is 7.52. The van der Waals surface area contributed by atoms with E-state index < -0.39 is 29.9 Å². The van der Waals surface area contributed by atoms with Gasteiger partial charge >= 0.3 is 0 Å². The van der Waals surface area contributed by atoms with Crippen LogP contribution in [0.5, 0.6) is 5.75 Å². The van der Waals surface area contributed by atoms with Crippen molar-refractivity contribution >= 4 is 40.9 Å². The number of halogens is 1. The number of aromatic nitrogens is 2. The molecule has 3 aromatic rings. The summed E-state index contributed by atoms with van der Waals surface area (Å²) in [5, 5.41) is 12.4. The van der Waals surface area contributed by atoms with Crippen LogP contribution in [0.15, 0.2) is 48.8 Å². The minimum Gasteiger partial charge on any atom is -0.493 e. The third-order valence-corrected chi connectivity index (χ3v) is 9.38. The number of imidazole rings is 1. The van der Waals surface area contributed by atoms with Crippen LogP contribution < -0.4 is 31.7 Å². The van der Waals surface area contributed by atoms with Gasteiger partial charge in [0, 0.05) is 37.2 Å². The molecule has 2 aliphatic rings. The highest BCUT2D eigenvalue weighted by Crippen LogP contribution is 2.32. The van der Waals surface area contributed by atoms with Crippen LogP contribution in [0.4, 0.5) is 0 Å². The number of pyridine rings is 1. The van der Waals surface area contributed by atoms with Gasteiger partial charge in [-0.15, -0.1) is 0 Å². The number of benzene rings is 1. The molecule has 1 aromatic carbocycles. The Labute approximate surface area is 285 Å². The molecule has 0 radical (unpaired) electrons. The van der Waals surface area contributed by atoms with E-state index in [1.165, 1.54) is 0 Å². The number of ether oxygens (including phenoxy) is 1. The zero-order valence-electron chi connectivity index (χ0n) is 27.4. The summed E-state index contributed by atoms with van der Waals surface area (Å²) in [5.74, 6) is -0.864. The van der Waals surface area contributed by atoms with E-state index in [2.05, 4.69) is 26.3 Å². The number of unbranched alkanes of at least 4 members (excludes halogenated alkanes) is 1. The smallest absolute Gasteiger partial charge is 0.243 e.